The maximum atomic E-state index is 13.0. The number of hydrogen-bond donors (Lipinski definition) is 1. The number of amides is 1. The highest BCUT2D eigenvalue weighted by Gasteiger charge is 2.29. The predicted molar refractivity (Wildman–Crippen MR) is 98.3 cm³/mol. The van der Waals surface area contributed by atoms with Gasteiger partial charge in [-0.2, -0.15) is 0 Å². The molecule has 3 rings (SSSR count). The number of nitrogens with two attached hydrogens (primary N) is 1. The third kappa shape index (κ3) is 3.01. The highest BCUT2D eigenvalue weighted by molar-refractivity contribution is 7.89. The fraction of sp³-hybridized carbons (Fsp3) is 0.278. The standard InChI is InChI=1S/C18H21N3O3S/c1-12-4-6-14(19)10-16(12)18(22)21-9-8-13-5-7-15(11-17(13)21)25(23,24)20(2)3/h4-7,10-11H,8-9,19H2,1-3H3. The molecule has 0 bridgehead atoms. The van der Waals surface area contributed by atoms with Gasteiger partial charge in [-0.3, -0.25) is 4.79 Å². The number of anilines is 2. The summed E-state index contributed by atoms with van der Waals surface area (Å²) in [7, 11) is -0.576. The second kappa shape index (κ2) is 6.16. The van der Waals surface area contributed by atoms with Gasteiger partial charge in [0.1, 0.15) is 0 Å². The van der Waals surface area contributed by atoms with E-state index in [-0.39, 0.29) is 10.8 Å². The smallest absolute Gasteiger partial charge is 0.258 e. The number of hydrogen-bond acceptors (Lipinski definition) is 4. The first-order valence-electron chi connectivity index (χ1n) is 7.95. The molecule has 0 aromatic heterocycles. The van der Waals surface area contributed by atoms with E-state index in [1.807, 2.05) is 13.0 Å². The minimum atomic E-state index is -3.55. The molecule has 1 heterocycles. The van der Waals surface area contributed by atoms with Crippen molar-refractivity contribution in [3.63, 3.8) is 0 Å². The van der Waals surface area contributed by atoms with Gasteiger partial charge in [0.2, 0.25) is 10.0 Å². The molecule has 1 aliphatic rings. The van der Waals surface area contributed by atoms with Gasteiger partial charge in [0.05, 0.1) is 4.90 Å². The lowest BCUT2D eigenvalue weighted by Crippen LogP contribution is -2.30. The summed E-state index contributed by atoms with van der Waals surface area (Å²) in [4.78, 5) is 14.8. The van der Waals surface area contributed by atoms with Crippen molar-refractivity contribution in [2.45, 2.75) is 18.2 Å². The first kappa shape index (κ1) is 17.4. The molecule has 1 amide bonds. The van der Waals surface area contributed by atoms with E-state index in [9.17, 15) is 13.2 Å². The highest BCUT2D eigenvalue weighted by atomic mass is 32.2. The lowest BCUT2D eigenvalue weighted by molar-refractivity contribution is 0.0989. The molecule has 0 spiro atoms. The van der Waals surface area contributed by atoms with Crippen LogP contribution in [0.15, 0.2) is 41.3 Å². The van der Waals surface area contributed by atoms with Gasteiger partial charge < -0.3 is 10.6 Å². The summed E-state index contributed by atoms with van der Waals surface area (Å²) in [5.74, 6) is -0.164. The van der Waals surface area contributed by atoms with Crippen LogP contribution in [0.4, 0.5) is 11.4 Å². The Labute approximate surface area is 147 Å². The van der Waals surface area contributed by atoms with E-state index in [1.165, 1.54) is 14.1 Å². The van der Waals surface area contributed by atoms with Gasteiger partial charge in [0.15, 0.2) is 0 Å². The molecule has 0 saturated carbocycles. The van der Waals surface area contributed by atoms with E-state index in [1.54, 1.807) is 35.2 Å². The largest absolute Gasteiger partial charge is 0.399 e. The van der Waals surface area contributed by atoms with Crippen molar-refractivity contribution in [1.29, 1.82) is 0 Å². The van der Waals surface area contributed by atoms with E-state index in [0.29, 0.717) is 29.9 Å². The van der Waals surface area contributed by atoms with E-state index >= 15 is 0 Å². The maximum absolute atomic E-state index is 13.0. The topological polar surface area (TPSA) is 83.7 Å². The van der Waals surface area contributed by atoms with Crippen LogP contribution >= 0.6 is 0 Å². The Balaban J connectivity index is 2.04. The molecule has 2 N–H and O–H groups in total. The van der Waals surface area contributed by atoms with Crippen molar-refractivity contribution >= 4 is 27.3 Å². The van der Waals surface area contributed by atoms with E-state index in [0.717, 1.165) is 15.4 Å². The van der Waals surface area contributed by atoms with Crippen LogP contribution in [0.3, 0.4) is 0 Å². The first-order chi connectivity index (χ1) is 11.7. The van der Waals surface area contributed by atoms with Gasteiger partial charge in [-0.05, 0) is 48.7 Å². The van der Waals surface area contributed by atoms with Gasteiger partial charge in [-0.15, -0.1) is 0 Å². The normalized spacial score (nSPS) is 14.0. The maximum Gasteiger partial charge on any atom is 0.258 e. The van der Waals surface area contributed by atoms with Gasteiger partial charge >= 0.3 is 0 Å². The molecule has 2 aromatic rings. The van der Waals surface area contributed by atoms with Gasteiger partial charge in [0.25, 0.3) is 5.91 Å². The van der Waals surface area contributed by atoms with Gasteiger partial charge in [0, 0.05) is 37.6 Å². The van der Waals surface area contributed by atoms with Crippen LogP contribution < -0.4 is 10.6 Å². The Morgan fingerprint density at radius 1 is 1.16 bits per heavy atom. The summed E-state index contributed by atoms with van der Waals surface area (Å²) in [6.45, 7) is 2.38. The van der Waals surface area contributed by atoms with Crippen LogP contribution in [-0.2, 0) is 16.4 Å². The van der Waals surface area contributed by atoms with Crippen molar-refractivity contribution in [1.82, 2.24) is 4.31 Å². The van der Waals surface area contributed by atoms with E-state index < -0.39 is 10.0 Å². The van der Waals surface area contributed by atoms with Gasteiger partial charge in [-0.1, -0.05) is 12.1 Å². The summed E-state index contributed by atoms with van der Waals surface area (Å²) in [5.41, 5.74) is 9.33. The SMILES string of the molecule is Cc1ccc(N)cc1C(=O)N1CCc2ccc(S(=O)(=O)N(C)C)cc21. The van der Waals surface area contributed by atoms with Crippen LogP contribution in [0.5, 0.6) is 0 Å². The van der Waals surface area contributed by atoms with Crippen LogP contribution in [0.2, 0.25) is 0 Å². The summed E-state index contributed by atoms with van der Waals surface area (Å²) in [6.07, 6.45) is 0.699. The quantitative estimate of drug-likeness (QED) is 0.850. The molecule has 2 aromatic carbocycles. The Kier molecular flexibility index (Phi) is 4.30. The average molecular weight is 359 g/mol. The fourth-order valence-electron chi connectivity index (χ4n) is 2.96. The van der Waals surface area contributed by atoms with Crippen molar-refractivity contribution in [2.75, 3.05) is 31.3 Å². The van der Waals surface area contributed by atoms with Crippen molar-refractivity contribution in [3.05, 3.63) is 53.1 Å². The number of sulfonamides is 1. The van der Waals surface area contributed by atoms with Crippen LogP contribution in [-0.4, -0.2) is 39.3 Å². The zero-order chi connectivity index (χ0) is 18.4. The lowest BCUT2D eigenvalue weighted by atomic mass is 10.1. The molecule has 0 atom stereocenters. The minimum absolute atomic E-state index is 0.164. The van der Waals surface area contributed by atoms with Crippen molar-refractivity contribution < 1.29 is 13.2 Å². The molecule has 1 aliphatic heterocycles. The summed E-state index contributed by atoms with van der Waals surface area (Å²) in [6, 6.07) is 10.2. The second-order valence-corrected chi connectivity index (χ2v) is 8.51. The molecule has 6 nitrogen and oxygen atoms in total. The van der Waals surface area contributed by atoms with Crippen LogP contribution in [0.25, 0.3) is 0 Å². The van der Waals surface area contributed by atoms with Crippen LogP contribution in [0.1, 0.15) is 21.5 Å². The first-order valence-corrected chi connectivity index (χ1v) is 9.39. The Morgan fingerprint density at radius 2 is 1.88 bits per heavy atom. The number of carbonyl (C=O) groups is 1. The molecule has 0 aliphatic carbocycles. The molecule has 0 unspecified atom stereocenters. The average Bonchev–Trinajstić information content (AvgIpc) is 2.99. The highest BCUT2D eigenvalue weighted by Crippen LogP contribution is 2.33. The van der Waals surface area contributed by atoms with E-state index in [2.05, 4.69) is 0 Å². The minimum Gasteiger partial charge on any atom is -0.399 e. The Hall–Kier alpha value is -2.38. The zero-order valence-electron chi connectivity index (χ0n) is 14.5. The summed E-state index contributed by atoms with van der Waals surface area (Å²) in [5, 5.41) is 0. The molecular weight excluding hydrogens is 338 g/mol. The molecule has 132 valence electrons. The molecular formula is C18H21N3O3S. The number of aryl methyl sites for hydroxylation is 1. The second-order valence-electron chi connectivity index (χ2n) is 6.36. The number of rotatable bonds is 3. The Morgan fingerprint density at radius 3 is 2.56 bits per heavy atom. The van der Waals surface area contributed by atoms with Crippen LogP contribution in [0, 0.1) is 6.92 Å². The number of nitrogen functional groups attached to an aromatic ring is 1. The molecule has 7 heteroatoms. The third-order valence-corrected chi connectivity index (χ3v) is 6.28. The third-order valence-electron chi connectivity index (χ3n) is 4.47. The molecule has 25 heavy (non-hydrogen) atoms. The predicted octanol–water partition coefficient (Wildman–Crippen LogP) is 2.03. The number of benzene rings is 2. The number of carbonyl (C=O) groups excluding carboxylic acids is 1. The molecule has 0 radical (unpaired) electrons. The monoisotopic (exact) mass is 359 g/mol. The van der Waals surface area contributed by atoms with Gasteiger partial charge in [-0.25, -0.2) is 12.7 Å². The summed E-state index contributed by atoms with van der Waals surface area (Å²) < 4.78 is 25.9. The number of fused-ring (bicyclic) bond motifs is 1. The number of nitrogens with zero attached hydrogens (tertiary/aromatic N) is 2. The lowest BCUT2D eigenvalue weighted by Gasteiger charge is -2.20. The fourth-order valence-corrected chi connectivity index (χ4v) is 3.88. The Bertz CT molecular complexity index is 952. The van der Waals surface area contributed by atoms with Crippen molar-refractivity contribution in [3.8, 4) is 0 Å². The molecule has 0 fully saturated rings. The van der Waals surface area contributed by atoms with Crippen molar-refractivity contribution in [2.24, 2.45) is 0 Å². The van der Waals surface area contributed by atoms with E-state index in [4.69, 9.17) is 5.73 Å². The summed E-state index contributed by atoms with van der Waals surface area (Å²) >= 11 is 0. The molecule has 0 saturated heterocycles. The zero-order valence-corrected chi connectivity index (χ0v) is 15.3.